The van der Waals surface area contributed by atoms with E-state index in [-0.39, 0.29) is 25.2 Å². The van der Waals surface area contributed by atoms with Crippen LogP contribution in [0.4, 0.5) is 23.2 Å². The Hall–Kier alpha value is -5.92. The van der Waals surface area contributed by atoms with E-state index in [1.165, 1.54) is 35.6 Å². The molecule has 3 aromatic carbocycles. The van der Waals surface area contributed by atoms with Crippen molar-refractivity contribution in [2.45, 2.75) is 19.4 Å². The second-order valence-corrected chi connectivity index (χ2v) is 11.5. The average molecular weight is 673 g/mol. The molecule has 1 amide bonds. The van der Waals surface area contributed by atoms with Gasteiger partial charge in [-0.1, -0.05) is 12.1 Å². The number of nitrogens with zero attached hydrogens (tertiary/aromatic N) is 6. The summed E-state index contributed by atoms with van der Waals surface area (Å²) in [4.78, 5) is 60.2. The van der Waals surface area contributed by atoms with Crippen LogP contribution in [-0.2, 0) is 22.6 Å². The fourth-order valence-corrected chi connectivity index (χ4v) is 5.71. The molecule has 1 saturated heterocycles. The maximum Gasteiger partial charge on any atom is 0.290 e. The fourth-order valence-electron chi connectivity index (χ4n) is 5.71. The maximum absolute atomic E-state index is 14.5. The van der Waals surface area contributed by atoms with Gasteiger partial charge >= 0.3 is 0 Å². The first-order valence-corrected chi connectivity index (χ1v) is 15.2. The number of ketones is 2. The first-order chi connectivity index (χ1) is 23.5. The molecule has 0 atom stereocenters. The SMILES string of the molecule is O=C(CC(=O)c1cc(Cc2c(F)cc(F)cc2F)cn(Cc2cccc(F)c2)c1=O)C(=O)N1CCN(c2ccc(-n3cncn3)cc2)CC1. The largest absolute Gasteiger partial charge is 0.368 e. The molecule has 0 spiro atoms. The fraction of sp³-hybridized carbons (Fsp3) is 0.200. The van der Waals surface area contributed by atoms with Crippen LogP contribution in [0.3, 0.4) is 0 Å². The molecule has 49 heavy (non-hydrogen) atoms. The van der Waals surface area contributed by atoms with Crippen molar-refractivity contribution in [2.75, 3.05) is 31.1 Å². The Morgan fingerprint density at radius 2 is 1.47 bits per heavy atom. The Kier molecular flexibility index (Phi) is 9.47. The maximum atomic E-state index is 14.5. The molecule has 6 rings (SSSR count). The molecular formula is C35H28F4N6O4. The summed E-state index contributed by atoms with van der Waals surface area (Å²) in [5.74, 6) is -6.89. The van der Waals surface area contributed by atoms with Gasteiger partial charge in [0.2, 0.25) is 5.78 Å². The number of benzene rings is 3. The number of anilines is 1. The standard InChI is InChI=1S/C35H28F4N6O4/c36-24-3-1-2-22(12-24)18-44-19-23(13-28-30(38)15-25(37)16-31(28)39)14-29(34(44)48)32(46)17-33(47)35(49)43-10-8-42(9-11-43)26-4-6-27(7-5-26)45-21-40-20-41-45/h1-7,12,14-16,19-21H,8-11,13,17-18H2. The molecule has 0 N–H and O–H groups in total. The Morgan fingerprint density at radius 1 is 0.776 bits per heavy atom. The molecule has 250 valence electrons. The van der Waals surface area contributed by atoms with Crippen LogP contribution in [0.1, 0.15) is 33.5 Å². The van der Waals surface area contributed by atoms with E-state index in [2.05, 4.69) is 10.1 Å². The number of hydrogen-bond donors (Lipinski definition) is 0. The number of Topliss-reactive ketones (excluding diaryl/α,β-unsaturated/α-hetero) is 2. The van der Waals surface area contributed by atoms with Crippen LogP contribution in [0.15, 0.2) is 90.4 Å². The second kappa shape index (κ2) is 14.1. The van der Waals surface area contributed by atoms with E-state index in [1.54, 1.807) is 17.1 Å². The van der Waals surface area contributed by atoms with Crippen LogP contribution in [0.2, 0.25) is 0 Å². The predicted octanol–water partition coefficient (Wildman–Crippen LogP) is 4.12. The van der Waals surface area contributed by atoms with E-state index < -0.39 is 70.3 Å². The minimum Gasteiger partial charge on any atom is -0.368 e. The number of hydrogen-bond acceptors (Lipinski definition) is 7. The lowest BCUT2D eigenvalue weighted by molar-refractivity contribution is -0.144. The van der Waals surface area contributed by atoms with Crippen LogP contribution in [0, 0.1) is 23.3 Å². The summed E-state index contributed by atoms with van der Waals surface area (Å²) in [6.45, 7) is 1.08. The summed E-state index contributed by atoms with van der Waals surface area (Å²) in [7, 11) is 0. The topological polar surface area (TPSA) is 110 Å². The zero-order valence-electron chi connectivity index (χ0n) is 25.9. The van der Waals surface area contributed by atoms with Gasteiger partial charge in [0.05, 0.1) is 24.2 Å². The van der Waals surface area contributed by atoms with Gasteiger partial charge in [-0.2, -0.15) is 5.10 Å². The van der Waals surface area contributed by atoms with Gasteiger partial charge in [-0.3, -0.25) is 19.2 Å². The van der Waals surface area contributed by atoms with Gasteiger partial charge in [0.1, 0.15) is 35.9 Å². The Bertz CT molecular complexity index is 2070. The minimum atomic E-state index is -1.17. The van der Waals surface area contributed by atoms with Crippen molar-refractivity contribution >= 4 is 23.2 Å². The van der Waals surface area contributed by atoms with Crippen molar-refractivity contribution in [3.8, 4) is 5.69 Å². The quantitative estimate of drug-likeness (QED) is 0.0951. The van der Waals surface area contributed by atoms with Crippen molar-refractivity contribution in [2.24, 2.45) is 0 Å². The lowest BCUT2D eigenvalue weighted by atomic mass is 10.00. The van der Waals surface area contributed by atoms with Crippen LogP contribution in [0.5, 0.6) is 0 Å². The zero-order valence-corrected chi connectivity index (χ0v) is 25.9. The molecule has 3 heterocycles. The highest BCUT2D eigenvalue weighted by Crippen LogP contribution is 2.21. The molecule has 0 radical (unpaired) electrons. The number of carbonyl (C=O) groups excluding carboxylic acids is 3. The summed E-state index contributed by atoms with van der Waals surface area (Å²) in [6.07, 6.45) is 2.88. The number of piperazine rings is 1. The number of halogens is 4. The summed E-state index contributed by atoms with van der Waals surface area (Å²) >= 11 is 0. The molecule has 5 aromatic rings. The average Bonchev–Trinajstić information content (AvgIpc) is 3.63. The summed E-state index contributed by atoms with van der Waals surface area (Å²) in [6, 6.07) is 15.0. The molecule has 0 saturated carbocycles. The van der Waals surface area contributed by atoms with E-state index in [9.17, 15) is 36.7 Å². The molecule has 0 unspecified atom stereocenters. The van der Waals surface area contributed by atoms with Crippen molar-refractivity contribution < 1.29 is 31.9 Å². The molecule has 14 heteroatoms. The van der Waals surface area contributed by atoms with E-state index in [0.717, 1.165) is 22.0 Å². The van der Waals surface area contributed by atoms with E-state index in [1.807, 2.05) is 29.2 Å². The third kappa shape index (κ3) is 7.48. The number of aromatic nitrogens is 4. The van der Waals surface area contributed by atoms with Crippen molar-refractivity contribution in [1.29, 1.82) is 0 Å². The van der Waals surface area contributed by atoms with Gasteiger partial charge < -0.3 is 14.4 Å². The molecule has 1 aliphatic rings. The zero-order chi connectivity index (χ0) is 34.7. The van der Waals surface area contributed by atoms with E-state index in [4.69, 9.17) is 0 Å². The lowest BCUT2D eigenvalue weighted by Crippen LogP contribution is -2.51. The van der Waals surface area contributed by atoms with Crippen molar-refractivity contribution in [1.82, 2.24) is 24.2 Å². The number of rotatable bonds is 10. The third-order valence-corrected chi connectivity index (χ3v) is 8.20. The minimum absolute atomic E-state index is 0.0907. The molecule has 10 nitrogen and oxygen atoms in total. The van der Waals surface area contributed by atoms with Crippen molar-refractivity contribution in [3.05, 3.63) is 141 Å². The third-order valence-electron chi connectivity index (χ3n) is 8.20. The normalized spacial score (nSPS) is 13.1. The van der Waals surface area contributed by atoms with Gasteiger partial charge in [-0.25, -0.2) is 27.2 Å². The Morgan fingerprint density at radius 3 is 2.12 bits per heavy atom. The first kappa shape index (κ1) is 33.0. The van der Waals surface area contributed by atoms with Gasteiger partial charge in [0.25, 0.3) is 11.5 Å². The number of amides is 1. The van der Waals surface area contributed by atoms with Gasteiger partial charge in [0, 0.05) is 62.2 Å². The molecule has 0 aliphatic carbocycles. The highest BCUT2D eigenvalue weighted by molar-refractivity contribution is 6.40. The Labute approximate surface area is 276 Å². The summed E-state index contributed by atoms with van der Waals surface area (Å²) in [5, 5.41) is 4.10. The van der Waals surface area contributed by atoms with E-state index in [0.29, 0.717) is 30.8 Å². The van der Waals surface area contributed by atoms with Crippen LogP contribution >= 0.6 is 0 Å². The number of carbonyl (C=O) groups is 3. The second-order valence-electron chi connectivity index (χ2n) is 11.5. The highest BCUT2D eigenvalue weighted by Gasteiger charge is 2.29. The van der Waals surface area contributed by atoms with Crippen LogP contribution in [-0.4, -0.2) is 67.9 Å². The first-order valence-electron chi connectivity index (χ1n) is 15.2. The van der Waals surface area contributed by atoms with Crippen LogP contribution in [0.25, 0.3) is 5.69 Å². The lowest BCUT2D eigenvalue weighted by Gasteiger charge is -2.35. The molecule has 1 fully saturated rings. The van der Waals surface area contributed by atoms with Gasteiger partial charge in [0.15, 0.2) is 5.78 Å². The smallest absolute Gasteiger partial charge is 0.290 e. The molecular weight excluding hydrogens is 644 g/mol. The molecule has 2 aromatic heterocycles. The Balaban J connectivity index is 1.16. The number of pyridine rings is 1. The monoisotopic (exact) mass is 672 g/mol. The van der Waals surface area contributed by atoms with Crippen LogP contribution < -0.4 is 10.5 Å². The predicted molar refractivity (Wildman–Crippen MR) is 169 cm³/mol. The van der Waals surface area contributed by atoms with Gasteiger partial charge in [-0.15, -0.1) is 0 Å². The summed E-state index contributed by atoms with van der Waals surface area (Å²) < 4.78 is 59.1. The molecule has 0 bridgehead atoms. The highest BCUT2D eigenvalue weighted by atomic mass is 19.1. The summed E-state index contributed by atoms with van der Waals surface area (Å²) in [5.41, 5.74) is 0.339. The van der Waals surface area contributed by atoms with Crippen molar-refractivity contribution in [3.63, 3.8) is 0 Å². The van der Waals surface area contributed by atoms with E-state index >= 15 is 0 Å². The van der Waals surface area contributed by atoms with Gasteiger partial charge in [-0.05, 0) is 53.6 Å². The molecule has 1 aliphatic heterocycles.